The van der Waals surface area contributed by atoms with E-state index in [0.717, 1.165) is 64.2 Å². The van der Waals surface area contributed by atoms with Crippen LogP contribution in [0.25, 0.3) is 0 Å². The highest BCUT2D eigenvalue weighted by Crippen LogP contribution is 2.38. The smallest absolute Gasteiger partial charge is 0.306 e. The second kappa shape index (κ2) is 69.3. The van der Waals surface area contributed by atoms with E-state index in [9.17, 15) is 19.0 Å². The summed E-state index contributed by atoms with van der Waals surface area (Å²) in [4.78, 5) is 38.1. The highest BCUT2D eigenvalue weighted by Gasteiger charge is 2.22. The Morgan fingerprint density at radius 3 is 0.966 bits per heavy atom. The molecule has 0 aromatic rings. The number of rotatable bonds is 72. The molecule has 0 amide bonds. The number of unbranched alkanes of at least 4 members (excludes halogenated alkanes) is 50. The van der Waals surface area contributed by atoms with Crippen molar-refractivity contribution in [3.63, 3.8) is 0 Å². The zero-order valence-corrected chi connectivity index (χ0v) is 60.1. The summed E-state index contributed by atoms with van der Waals surface area (Å²) >= 11 is 0. The van der Waals surface area contributed by atoms with Crippen LogP contribution in [0.5, 0.6) is 0 Å². The Balaban J connectivity index is 3.93. The molecule has 0 radical (unpaired) electrons. The molecular formula is C78H148NO8P. The highest BCUT2D eigenvalue weighted by atomic mass is 31.2. The minimum atomic E-state index is -4.64. The zero-order valence-electron chi connectivity index (χ0n) is 59.2. The Hall–Kier alpha value is -2.03. The maximum atomic E-state index is 12.9. The molecule has 2 atom stereocenters. The second-order valence-corrected chi connectivity index (χ2v) is 28.8. The Morgan fingerprint density at radius 2 is 0.648 bits per heavy atom. The van der Waals surface area contributed by atoms with E-state index in [-0.39, 0.29) is 32.0 Å². The molecule has 0 aliphatic heterocycles. The van der Waals surface area contributed by atoms with Crippen LogP contribution in [0, 0.1) is 0 Å². The van der Waals surface area contributed by atoms with Crippen molar-refractivity contribution in [3.8, 4) is 0 Å². The van der Waals surface area contributed by atoms with Gasteiger partial charge in [-0.3, -0.25) is 14.2 Å². The number of nitrogens with zero attached hydrogens (tertiary/aromatic N) is 1. The van der Waals surface area contributed by atoms with E-state index >= 15 is 0 Å². The number of likely N-dealkylation sites (N-methyl/N-ethyl adjacent to an activating group) is 1. The van der Waals surface area contributed by atoms with Crippen LogP contribution in [0.15, 0.2) is 48.6 Å². The van der Waals surface area contributed by atoms with Gasteiger partial charge in [-0.15, -0.1) is 0 Å². The van der Waals surface area contributed by atoms with Gasteiger partial charge in [0.25, 0.3) is 7.82 Å². The Morgan fingerprint density at radius 1 is 0.364 bits per heavy atom. The topological polar surface area (TPSA) is 111 Å². The molecule has 0 fully saturated rings. The van der Waals surface area contributed by atoms with Gasteiger partial charge in [-0.25, -0.2) is 0 Å². The van der Waals surface area contributed by atoms with E-state index in [1.165, 1.54) is 289 Å². The van der Waals surface area contributed by atoms with E-state index in [1.54, 1.807) is 0 Å². The molecule has 2 unspecified atom stereocenters. The molecule has 0 saturated heterocycles. The number of hydrogen-bond acceptors (Lipinski definition) is 8. The lowest BCUT2D eigenvalue weighted by Gasteiger charge is -2.28. The van der Waals surface area contributed by atoms with Crippen molar-refractivity contribution in [2.24, 2.45) is 0 Å². The van der Waals surface area contributed by atoms with Crippen molar-refractivity contribution < 1.29 is 42.1 Å². The summed E-state index contributed by atoms with van der Waals surface area (Å²) in [6.07, 6.45) is 90.9. The van der Waals surface area contributed by atoms with Crippen molar-refractivity contribution in [2.75, 3.05) is 47.5 Å². The SMILES string of the molecule is CC/C=C\C/C=C\C/C=C\C/C=C\CCCCCCCCCCCCCCCCCCC(=O)OC(COC(=O)CCCCCCCCCCCCCCCCCCCCCCCCCCCCCCCCCCCCC)COP(=O)([O-])OCC[N+](C)(C)C. The number of carbonyl (C=O) groups excluding carboxylic acids is 2. The number of esters is 2. The van der Waals surface area contributed by atoms with Crippen LogP contribution in [-0.4, -0.2) is 70.0 Å². The summed E-state index contributed by atoms with van der Waals surface area (Å²) in [5, 5.41) is 0. The molecule has 9 nitrogen and oxygen atoms in total. The van der Waals surface area contributed by atoms with Crippen LogP contribution >= 0.6 is 7.82 Å². The molecule has 0 spiro atoms. The van der Waals surface area contributed by atoms with Crippen molar-refractivity contribution in [1.29, 1.82) is 0 Å². The number of phosphoric ester groups is 1. The van der Waals surface area contributed by atoms with Crippen molar-refractivity contribution in [3.05, 3.63) is 48.6 Å². The lowest BCUT2D eigenvalue weighted by Crippen LogP contribution is -2.37. The van der Waals surface area contributed by atoms with Gasteiger partial charge in [0.2, 0.25) is 0 Å². The third kappa shape index (κ3) is 73.0. The lowest BCUT2D eigenvalue weighted by atomic mass is 10.0. The maximum Gasteiger partial charge on any atom is 0.306 e. The van der Waals surface area contributed by atoms with Crippen LogP contribution in [0.2, 0.25) is 0 Å². The van der Waals surface area contributed by atoms with Gasteiger partial charge in [-0.2, -0.15) is 0 Å². The summed E-state index contributed by atoms with van der Waals surface area (Å²) in [7, 11) is 1.19. The molecule has 0 aromatic carbocycles. The normalized spacial score (nSPS) is 13.3. The molecule has 0 N–H and O–H groups in total. The van der Waals surface area contributed by atoms with Gasteiger partial charge in [-0.1, -0.05) is 371 Å². The number of carbonyl (C=O) groups is 2. The van der Waals surface area contributed by atoms with Crippen molar-refractivity contribution in [1.82, 2.24) is 0 Å². The minimum Gasteiger partial charge on any atom is -0.756 e. The predicted molar refractivity (Wildman–Crippen MR) is 379 cm³/mol. The summed E-state index contributed by atoms with van der Waals surface area (Å²) in [5.74, 6) is -0.812. The number of phosphoric acid groups is 1. The number of hydrogen-bond donors (Lipinski definition) is 0. The molecule has 0 heterocycles. The van der Waals surface area contributed by atoms with Crippen molar-refractivity contribution in [2.45, 2.75) is 392 Å². The number of quaternary nitrogens is 1. The van der Waals surface area contributed by atoms with Gasteiger partial charge >= 0.3 is 11.9 Å². The molecular weight excluding hydrogens is 1110 g/mol. The van der Waals surface area contributed by atoms with E-state index in [2.05, 4.69) is 62.5 Å². The number of allylic oxidation sites excluding steroid dienone is 8. The molecule has 518 valence electrons. The minimum absolute atomic E-state index is 0.0287. The maximum absolute atomic E-state index is 12.9. The highest BCUT2D eigenvalue weighted by molar-refractivity contribution is 7.45. The summed E-state index contributed by atoms with van der Waals surface area (Å²) in [5.41, 5.74) is 0. The van der Waals surface area contributed by atoms with Crippen LogP contribution < -0.4 is 4.89 Å². The Labute approximate surface area is 547 Å². The fraction of sp³-hybridized carbons (Fsp3) is 0.872. The average Bonchev–Trinajstić information content (AvgIpc) is 3.68. The zero-order chi connectivity index (χ0) is 64.1. The van der Waals surface area contributed by atoms with Crippen molar-refractivity contribution >= 4 is 19.8 Å². The van der Waals surface area contributed by atoms with Gasteiger partial charge in [0.05, 0.1) is 27.7 Å². The van der Waals surface area contributed by atoms with Crippen LogP contribution in [0.4, 0.5) is 0 Å². The molecule has 0 aliphatic rings. The third-order valence-corrected chi connectivity index (χ3v) is 18.3. The first-order valence-electron chi connectivity index (χ1n) is 38.3. The fourth-order valence-electron chi connectivity index (χ4n) is 11.5. The van der Waals surface area contributed by atoms with Gasteiger partial charge in [0.15, 0.2) is 6.10 Å². The third-order valence-electron chi connectivity index (χ3n) is 17.4. The monoisotopic (exact) mass is 1260 g/mol. The van der Waals surface area contributed by atoms with Gasteiger partial charge in [-0.05, 0) is 51.4 Å². The van der Waals surface area contributed by atoms with E-state index in [0.29, 0.717) is 17.4 Å². The fourth-order valence-corrected chi connectivity index (χ4v) is 12.3. The summed E-state index contributed by atoms with van der Waals surface area (Å²) in [6, 6.07) is 0. The van der Waals surface area contributed by atoms with Crippen LogP contribution in [0.3, 0.4) is 0 Å². The molecule has 0 aromatic heterocycles. The lowest BCUT2D eigenvalue weighted by molar-refractivity contribution is -0.870. The predicted octanol–water partition coefficient (Wildman–Crippen LogP) is 24.5. The molecule has 0 aliphatic carbocycles. The van der Waals surface area contributed by atoms with Crippen LogP contribution in [-0.2, 0) is 32.7 Å². The van der Waals surface area contributed by atoms with Gasteiger partial charge in [0, 0.05) is 12.8 Å². The van der Waals surface area contributed by atoms with E-state index in [4.69, 9.17) is 18.5 Å². The number of ether oxygens (including phenoxy) is 2. The van der Waals surface area contributed by atoms with E-state index < -0.39 is 26.5 Å². The summed E-state index contributed by atoms with van der Waals surface area (Å²) in [6.45, 7) is 4.20. The first kappa shape index (κ1) is 86.0. The van der Waals surface area contributed by atoms with E-state index in [1.807, 2.05) is 21.1 Å². The Kier molecular flexibility index (Phi) is 67.7. The second-order valence-electron chi connectivity index (χ2n) is 27.4. The molecule has 10 heteroatoms. The first-order valence-corrected chi connectivity index (χ1v) is 39.8. The van der Waals surface area contributed by atoms with Gasteiger partial charge in [0.1, 0.15) is 19.8 Å². The summed E-state index contributed by atoms with van der Waals surface area (Å²) < 4.78 is 34.4. The molecule has 88 heavy (non-hydrogen) atoms. The quantitative estimate of drug-likeness (QED) is 0.0195. The van der Waals surface area contributed by atoms with Crippen LogP contribution in [0.1, 0.15) is 386 Å². The largest absolute Gasteiger partial charge is 0.756 e. The molecule has 0 bridgehead atoms. The van der Waals surface area contributed by atoms with Gasteiger partial charge < -0.3 is 27.9 Å². The average molecular weight is 1260 g/mol. The Bertz CT molecular complexity index is 1620. The standard InChI is InChI=1S/C78H148NO8P/c1-6-8-10-12-14-16-18-20-22-24-26-28-30-32-34-36-37-38-39-40-41-43-44-46-48-50-52-54-56-58-60-62-64-66-68-70-77(80)84-74-76(75-86-88(82,83)85-73-72-79(3,4)5)87-78(81)71-69-67-65-63-61-59-57-55-53-51-49-47-45-42-35-33-31-29-27-25-23-21-19-17-15-13-11-9-7-2/h9,11,15,17,21,23,27,29,76H,6-8,10,12-14,16,18-20,22,24-26,28,30-75H2,1-5H3/b11-9-,17-15-,23-21-,29-27-. The molecule has 0 rings (SSSR count). The first-order chi connectivity index (χ1) is 43.0. The molecule has 0 saturated carbocycles.